The minimum absolute atomic E-state index is 0.252. The summed E-state index contributed by atoms with van der Waals surface area (Å²) < 4.78 is 9.49. The summed E-state index contributed by atoms with van der Waals surface area (Å²) in [6.07, 6.45) is 0. The van der Waals surface area contributed by atoms with Crippen molar-refractivity contribution in [2.24, 2.45) is 0 Å². The Morgan fingerprint density at radius 2 is 1.48 bits per heavy atom. The molecule has 0 saturated carbocycles. The molecule has 2 rings (SSSR count). The molecule has 0 atom stereocenters. The summed E-state index contributed by atoms with van der Waals surface area (Å²) in [4.78, 5) is 10.9. The van der Waals surface area contributed by atoms with Crippen LogP contribution in [-0.4, -0.2) is 11.1 Å². The second-order valence-corrected chi connectivity index (χ2v) is 7.69. The van der Waals surface area contributed by atoms with Crippen molar-refractivity contribution in [1.29, 1.82) is 0 Å². The fourth-order valence-electron chi connectivity index (χ4n) is 1.76. The molecule has 2 aromatic carbocycles. The number of benzene rings is 2. The largest absolute Gasteiger partial charge is 0.478 e. The molecule has 21 heavy (non-hydrogen) atoms. The third-order valence-corrected chi connectivity index (χ3v) is 8.07. The van der Waals surface area contributed by atoms with E-state index in [-0.39, 0.29) is 5.56 Å². The molecule has 0 heterocycles. The van der Waals surface area contributed by atoms with Gasteiger partial charge >= 0.3 is 5.97 Å². The SMILES string of the molecule is Cc1c(I)c(I)c(C)c(Oc2ccc(C(=O)O)cc2)c1I. The van der Waals surface area contributed by atoms with Gasteiger partial charge in [0, 0.05) is 12.7 Å². The molecule has 0 fully saturated rings. The van der Waals surface area contributed by atoms with E-state index < -0.39 is 5.97 Å². The minimum Gasteiger partial charge on any atom is -0.478 e. The van der Waals surface area contributed by atoms with Gasteiger partial charge in [-0.1, -0.05) is 0 Å². The first-order valence-corrected chi connectivity index (χ1v) is 9.21. The molecule has 0 radical (unpaired) electrons. The van der Waals surface area contributed by atoms with Crippen LogP contribution in [0.1, 0.15) is 21.5 Å². The molecule has 0 aromatic heterocycles. The highest BCUT2D eigenvalue weighted by atomic mass is 127. The molecule has 0 aliphatic carbocycles. The Morgan fingerprint density at radius 3 is 2.00 bits per heavy atom. The Hall–Kier alpha value is -0.100. The number of rotatable bonds is 3. The fourth-order valence-corrected chi connectivity index (χ4v) is 4.39. The average molecular weight is 620 g/mol. The Kier molecular flexibility index (Phi) is 5.74. The van der Waals surface area contributed by atoms with Crippen LogP contribution in [0.15, 0.2) is 24.3 Å². The molecule has 0 amide bonds. The van der Waals surface area contributed by atoms with Gasteiger partial charge in [0.05, 0.1) is 9.13 Å². The van der Waals surface area contributed by atoms with Gasteiger partial charge in [0.25, 0.3) is 0 Å². The second-order valence-electron chi connectivity index (χ2n) is 4.45. The lowest BCUT2D eigenvalue weighted by Crippen LogP contribution is -2.00. The second kappa shape index (κ2) is 6.99. The van der Waals surface area contributed by atoms with Gasteiger partial charge in [-0.25, -0.2) is 4.79 Å². The lowest BCUT2D eigenvalue weighted by molar-refractivity contribution is 0.0697. The zero-order valence-corrected chi connectivity index (χ0v) is 17.7. The van der Waals surface area contributed by atoms with Gasteiger partial charge in [-0.05, 0) is 111 Å². The Balaban J connectivity index is 2.42. The number of hydrogen-bond donors (Lipinski definition) is 1. The number of carboxylic acids is 1. The van der Waals surface area contributed by atoms with Gasteiger partial charge in [0.2, 0.25) is 0 Å². The summed E-state index contributed by atoms with van der Waals surface area (Å²) in [7, 11) is 0. The van der Waals surface area contributed by atoms with Gasteiger partial charge < -0.3 is 9.84 Å². The number of halogens is 3. The maximum Gasteiger partial charge on any atom is 0.335 e. The van der Waals surface area contributed by atoms with Crippen molar-refractivity contribution < 1.29 is 14.6 Å². The zero-order valence-electron chi connectivity index (χ0n) is 11.2. The van der Waals surface area contributed by atoms with Crippen molar-refractivity contribution in [2.75, 3.05) is 0 Å². The van der Waals surface area contributed by atoms with E-state index in [1.54, 1.807) is 24.3 Å². The van der Waals surface area contributed by atoms with Crippen molar-refractivity contribution in [3.05, 3.63) is 51.7 Å². The van der Waals surface area contributed by atoms with E-state index in [9.17, 15) is 4.79 Å². The summed E-state index contributed by atoms with van der Waals surface area (Å²) in [5.41, 5.74) is 2.54. The van der Waals surface area contributed by atoms with Crippen molar-refractivity contribution in [1.82, 2.24) is 0 Å². The molecule has 2 aromatic rings. The van der Waals surface area contributed by atoms with Crippen LogP contribution in [0, 0.1) is 24.6 Å². The van der Waals surface area contributed by atoms with Crippen LogP contribution in [-0.2, 0) is 0 Å². The molecular formula is C15H11I3O3. The van der Waals surface area contributed by atoms with Crippen molar-refractivity contribution in [3.8, 4) is 11.5 Å². The van der Waals surface area contributed by atoms with Crippen LogP contribution in [0.25, 0.3) is 0 Å². The molecule has 0 bridgehead atoms. The highest BCUT2D eigenvalue weighted by Gasteiger charge is 2.17. The van der Waals surface area contributed by atoms with Crippen LogP contribution in [0.4, 0.5) is 0 Å². The fraction of sp³-hybridized carbons (Fsp3) is 0.133. The summed E-state index contributed by atoms with van der Waals surface area (Å²) in [5, 5.41) is 8.91. The maximum atomic E-state index is 10.9. The van der Waals surface area contributed by atoms with E-state index in [0.29, 0.717) is 5.75 Å². The van der Waals surface area contributed by atoms with Crippen LogP contribution >= 0.6 is 67.8 Å². The van der Waals surface area contributed by atoms with E-state index >= 15 is 0 Å². The molecule has 0 aliphatic heterocycles. The smallest absolute Gasteiger partial charge is 0.335 e. The Labute approximate surface area is 163 Å². The molecule has 0 aliphatic rings. The van der Waals surface area contributed by atoms with Crippen LogP contribution in [0.3, 0.4) is 0 Å². The van der Waals surface area contributed by atoms with Crippen molar-refractivity contribution in [2.45, 2.75) is 13.8 Å². The van der Waals surface area contributed by atoms with Gasteiger partial charge in [-0.2, -0.15) is 0 Å². The van der Waals surface area contributed by atoms with Crippen LogP contribution in [0.5, 0.6) is 11.5 Å². The van der Waals surface area contributed by atoms with Crippen LogP contribution < -0.4 is 4.74 Å². The zero-order chi connectivity index (χ0) is 15.7. The van der Waals surface area contributed by atoms with E-state index in [2.05, 4.69) is 74.7 Å². The Morgan fingerprint density at radius 1 is 0.952 bits per heavy atom. The first-order chi connectivity index (χ1) is 9.82. The molecule has 1 N–H and O–H groups in total. The standard InChI is InChI=1S/C15H11I3O3/c1-7-11(16)12(17)8(2)14(13(7)18)21-10-5-3-9(4-6-10)15(19)20/h3-6H,1-2H3,(H,19,20). The van der Waals surface area contributed by atoms with E-state index in [0.717, 1.165) is 14.9 Å². The normalized spacial score (nSPS) is 10.5. The predicted molar refractivity (Wildman–Crippen MR) is 108 cm³/mol. The molecule has 0 saturated heterocycles. The topological polar surface area (TPSA) is 46.5 Å². The summed E-state index contributed by atoms with van der Waals surface area (Å²) in [6.45, 7) is 4.11. The van der Waals surface area contributed by atoms with Crippen LogP contribution in [0.2, 0.25) is 0 Å². The lowest BCUT2D eigenvalue weighted by Gasteiger charge is -2.16. The number of aromatic carboxylic acids is 1. The molecule has 110 valence electrons. The van der Waals surface area contributed by atoms with Crippen molar-refractivity contribution in [3.63, 3.8) is 0 Å². The third kappa shape index (κ3) is 3.63. The predicted octanol–water partition coefficient (Wildman–Crippen LogP) is 5.61. The average Bonchev–Trinajstić information content (AvgIpc) is 2.48. The highest BCUT2D eigenvalue weighted by molar-refractivity contribution is 14.1. The summed E-state index contributed by atoms with van der Waals surface area (Å²) >= 11 is 6.96. The monoisotopic (exact) mass is 620 g/mol. The van der Waals surface area contributed by atoms with Gasteiger partial charge in [-0.3, -0.25) is 0 Å². The van der Waals surface area contributed by atoms with Gasteiger partial charge in [0.15, 0.2) is 0 Å². The quantitative estimate of drug-likeness (QED) is 0.359. The summed E-state index contributed by atoms with van der Waals surface area (Å²) in [6, 6.07) is 6.45. The molecule has 0 unspecified atom stereocenters. The van der Waals surface area contributed by atoms with Crippen molar-refractivity contribution >= 4 is 73.7 Å². The molecule has 6 heteroatoms. The number of carbonyl (C=O) groups is 1. The highest BCUT2D eigenvalue weighted by Crippen LogP contribution is 2.38. The van der Waals surface area contributed by atoms with Gasteiger partial charge in [-0.15, -0.1) is 0 Å². The number of carboxylic acid groups (broad SMARTS) is 1. The lowest BCUT2D eigenvalue weighted by atomic mass is 10.1. The van der Waals surface area contributed by atoms with E-state index in [4.69, 9.17) is 9.84 Å². The first kappa shape index (κ1) is 17.3. The first-order valence-electron chi connectivity index (χ1n) is 5.97. The van der Waals surface area contributed by atoms with E-state index in [1.807, 2.05) is 6.92 Å². The van der Waals surface area contributed by atoms with E-state index in [1.165, 1.54) is 12.7 Å². The number of hydrogen-bond acceptors (Lipinski definition) is 2. The molecular weight excluding hydrogens is 609 g/mol. The molecule has 3 nitrogen and oxygen atoms in total. The summed E-state index contributed by atoms with van der Waals surface area (Å²) in [5.74, 6) is 0.533. The maximum absolute atomic E-state index is 10.9. The molecule has 0 spiro atoms. The Bertz CT molecular complexity index is 680. The minimum atomic E-state index is -0.938. The van der Waals surface area contributed by atoms with Gasteiger partial charge in [0.1, 0.15) is 11.5 Å². The third-order valence-electron chi connectivity index (χ3n) is 3.04. The number of ether oxygens (including phenoxy) is 1.